The zero-order valence-electron chi connectivity index (χ0n) is 15.8. The van der Waals surface area contributed by atoms with E-state index < -0.39 is 0 Å². The first-order valence-corrected chi connectivity index (χ1v) is 9.11. The smallest absolute Gasteiger partial charge is 0.225 e. The van der Waals surface area contributed by atoms with Crippen molar-refractivity contribution in [1.82, 2.24) is 15.3 Å². The summed E-state index contributed by atoms with van der Waals surface area (Å²) in [7, 11) is 4.04. The number of aromatic nitrogens is 2. The van der Waals surface area contributed by atoms with E-state index in [1.165, 1.54) is 0 Å². The van der Waals surface area contributed by atoms with E-state index in [0.717, 1.165) is 48.8 Å². The van der Waals surface area contributed by atoms with Gasteiger partial charge in [0.25, 0.3) is 0 Å². The Morgan fingerprint density at radius 2 is 1.88 bits per heavy atom. The second-order valence-corrected chi connectivity index (χ2v) is 7.04. The molecule has 0 aliphatic carbocycles. The summed E-state index contributed by atoms with van der Waals surface area (Å²) >= 11 is 0. The number of rotatable bonds is 5. The normalized spacial score (nSPS) is 15.0. The summed E-state index contributed by atoms with van der Waals surface area (Å²) in [6.45, 7) is 4.18. The summed E-state index contributed by atoms with van der Waals surface area (Å²) in [5, 5.41) is 3.08. The van der Waals surface area contributed by atoms with Crippen LogP contribution in [0, 0.1) is 12.8 Å². The van der Waals surface area contributed by atoms with Crippen LogP contribution in [0.15, 0.2) is 36.5 Å². The SMILES string of the molecule is Cc1ccnc(N2CCC(C(=O)NCc3ccc(N(C)C)cc3)CC2)n1. The van der Waals surface area contributed by atoms with Crippen LogP contribution in [0.25, 0.3) is 0 Å². The number of nitrogens with one attached hydrogen (secondary N) is 1. The number of nitrogens with zero attached hydrogens (tertiary/aromatic N) is 4. The molecule has 1 N–H and O–H groups in total. The van der Waals surface area contributed by atoms with E-state index >= 15 is 0 Å². The van der Waals surface area contributed by atoms with Gasteiger partial charge in [0, 0.05) is 57.2 Å². The third-order valence-corrected chi connectivity index (χ3v) is 4.85. The second kappa shape index (κ2) is 8.17. The lowest BCUT2D eigenvalue weighted by Crippen LogP contribution is -2.41. The minimum atomic E-state index is 0.0668. The van der Waals surface area contributed by atoms with Crippen LogP contribution >= 0.6 is 0 Å². The third kappa shape index (κ3) is 4.50. The summed E-state index contributed by atoms with van der Waals surface area (Å²) in [4.78, 5) is 25.5. The van der Waals surface area contributed by atoms with Crippen LogP contribution in [0.1, 0.15) is 24.1 Å². The minimum absolute atomic E-state index is 0.0668. The van der Waals surface area contributed by atoms with Crippen LogP contribution < -0.4 is 15.1 Å². The standard InChI is InChI=1S/C20H27N5O/c1-15-8-11-21-20(23-15)25-12-9-17(10-13-25)19(26)22-14-16-4-6-18(7-5-16)24(2)3/h4-8,11,17H,9-10,12-14H2,1-3H3,(H,22,26). The maximum atomic E-state index is 12.5. The summed E-state index contributed by atoms with van der Waals surface area (Å²) in [6.07, 6.45) is 3.46. The van der Waals surface area contributed by atoms with E-state index in [4.69, 9.17) is 0 Å². The van der Waals surface area contributed by atoms with E-state index in [0.29, 0.717) is 6.54 Å². The van der Waals surface area contributed by atoms with Crippen molar-refractivity contribution < 1.29 is 4.79 Å². The van der Waals surface area contributed by atoms with Crippen molar-refractivity contribution in [2.45, 2.75) is 26.3 Å². The van der Waals surface area contributed by atoms with Crippen molar-refractivity contribution in [1.29, 1.82) is 0 Å². The average Bonchev–Trinajstić information content (AvgIpc) is 2.66. The highest BCUT2D eigenvalue weighted by molar-refractivity contribution is 5.79. The fourth-order valence-corrected chi connectivity index (χ4v) is 3.18. The van der Waals surface area contributed by atoms with E-state index in [2.05, 4.69) is 49.4 Å². The second-order valence-electron chi connectivity index (χ2n) is 7.04. The van der Waals surface area contributed by atoms with Crippen LogP contribution in [-0.2, 0) is 11.3 Å². The molecule has 0 bridgehead atoms. The molecule has 0 saturated carbocycles. The van der Waals surface area contributed by atoms with E-state index in [1.807, 2.05) is 27.1 Å². The molecule has 2 heterocycles. The molecular weight excluding hydrogens is 326 g/mol. The largest absolute Gasteiger partial charge is 0.378 e. The molecule has 0 spiro atoms. The first kappa shape index (κ1) is 18.2. The lowest BCUT2D eigenvalue weighted by molar-refractivity contribution is -0.125. The van der Waals surface area contributed by atoms with E-state index in [1.54, 1.807) is 6.20 Å². The molecule has 0 atom stereocenters. The highest BCUT2D eigenvalue weighted by Gasteiger charge is 2.25. The Bertz CT molecular complexity index is 736. The molecule has 1 fully saturated rings. The number of carbonyl (C=O) groups excluding carboxylic acids is 1. The van der Waals surface area contributed by atoms with E-state index in [-0.39, 0.29) is 11.8 Å². The maximum absolute atomic E-state index is 12.5. The van der Waals surface area contributed by atoms with Gasteiger partial charge in [-0.05, 0) is 43.5 Å². The Labute approximate surface area is 155 Å². The van der Waals surface area contributed by atoms with Crippen LogP contribution in [0.3, 0.4) is 0 Å². The molecule has 1 aromatic carbocycles. The van der Waals surface area contributed by atoms with Crippen LogP contribution in [0.2, 0.25) is 0 Å². The van der Waals surface area contributed by atoms with Crippen molar-refractivity contribution in [2.24, 2.45) is 5.92 Å². The van der Waals surface area contributed by atoms with Crippen LogP contribution in [-0.4, -0.2) is 43.1 Å². The van der Waals surface area contributed by atoms with Gasteiger partial charge in [0.15, 0.2) is 0 Å². The minimum Gasteiger partial charge on any atom is -0.378 e. The molecule has 6 nitrogen and oxygen atoms in total. The molecule has 138 valence electrons. The third-order valence-electron chi connectivity index (χ3n) is 4.85. The fraction of sp³-hybridized carbons (Fsp3) is 0.450. The average molecular weight is 353 g/mol. The lowest BCUT2D eigenvalue weighted by atomic mass is 9.96. The predicted octanol–water partition coefficient (Wildman–Crippen LogP) is 2.38. The fourth-order valence-electron chi connectivity index (χ4n) is 3.18. The topological polar surface area (TPSA) is 61.4 Å². The van der Waals surface area contributed by atoms with Crippen molar-refractivity contribution >= 4 is 17.5 Å². The van der Waals surface area contributed by atoms with Gasteiger partial charge in [0.05, 0.1) is 0 Å². The lowest BCUT2D eigenvalue weighted by Gasteiger charge is -2.31. The summed E-state index contributed by atoms with van der Waals surface area (Å²) in [5.74, 6) is 0.980. The maximum Gasteiger partial charge on any atom is 0.225 e. The summed E-state index contributed by atoms with van der Waals surface area (Å²) in [5.41, 5.74) is 3.25. The molecule has 1 amide bonds. The van der Waals surface area contributed by atoms with Gasteiger partial charge in [-0.3, -0.25) is 4.79 Å². The van der Waals surface area contributed by atoms with Crippen molar-refractivity contribution in [3.05, 3.63) is 47.8 Å². The van der Waals surface area contributed by atoms with Crippen molar-refractivity contribution in [3.8, 4) is 0 Å². The van der Waals surface area contributed by atoms with Gasteiger partial charge in [0.1, 0.15) is 0 Å². The Morgan fingerprint density at radius 1 is 1.19 bits per heavy atom. The Morgan fingerprint density at radius 3 is 2.50 bits per heavy atom. The van der Waals surface area contributed by atoms with Gasteiger partial charge in [-0.15, -0.1) is 0 Å². The highest BCUT2D eigenvalue weighted by atomic mass is 16.1. The summed E-state index contributed by atoms with van der Waals surface area (Å²) < 4.78 is 0. The Balaban J connectivity index is 1.47. The zero-order chi connectivity index (χ0) is 18.5. The molecule has 2 aromatic rings. The number of amides is 1. The zero-order valence-corrected chi connectivity index (χ0v) is 15.8. The molecule has 1 aliphatic rings. The molecular formula is C20H27N5O. The van der Waals surface area contributed by atoms with E-state index in [9.17, 15) is 4.79 Å². The van der Waals surface area contributed by atoms with Gasteiger partial charge in [0.2, 0.25) is 11.9 Å². The number of hydrogen-bond donors (Lipinski definition) is 1. The van der Waals surface area contributed by atoms with Gasteiger partial charge in [-0.1, -0.05) is 12.1 Å². The van der Waals surface area contributed by atoms with Crippen LogP contribution in [0.4, 0.5) is 11.6 Å². The first-order valence-electron chi connectivity index (χ1n) is 9.11. The molecule has 26 heavy (non-hydrogen) atoms. The predicted molar refractivity (Wildman–Crippen MR) is 104 cm³/mol. The first-order chi connectivity index (χ1) is 12.5. The summed E-state index contributed by atoms with van der Waals surface area (Å²) in [6, 6.07) is 10.2. The highest BCUT2D eigenvalue weighted by Crippen LogP contribution is 2.21. The molecule has 1 aromatic heterocycles. The number of benzene rings is 1. The molecule has 0 radical (unpaired) electrons. The molecule has 1 aliphatic heterocycles. The molecule has 1 saturated heterocycles. The quantitative estimate of drug-likeness (QED) is 0.894. The Hall–Kier alpha value is -2.63. The van der Waals surface area contributed by atoms with Gasteiger partial charge in [-0.2, -0.15) is 0 Å². The van der Waals surface area contributed by atoms with Gasteiger partial charge < -0.3 is 15.1 Å². The molecule has 0 unspecified atom stereocenters. The number of hydrogen-bond acceptors (Lipinski definition) is 5. The molecule has 3 rings (SSSR count). The number of carbonyl (C=O) groups is 1. The van der Waals surface area contributed by atoms with Gasteiger partial charge >= 0.3 is 0 Å². The number of aryl methyl sites for hydroxylation is 1. The van der Waals surface area contributed by atoms with Crippen LogP contribution in [0.5, 0.6) is 0 Å². The number of anilines is 2. The van der Waals surface area contributed by atoms with Gasteiger partial charge in [-0.25, -0.2) is 9.97 Å². The Kier molecular flexibility index (Phi) is 5.71. The van der Waals surface area contributed by atoms with Crippen molar-refractivity contribution in [3.63, 3.8) is 0 Å². The monoisotopic (exact) mass is 353 g/mol. The number of piperidine rings is 1. The van der Waals surface area contributed by atoms with Crippen molar-refractivity contribution in [2.75, 3.05) is 37.0 Å². The molecule has 6 heteroatoms.